The number of hydrogen-bond acceptors (Lipinski definition) is 3. The van der Waals surface area contributed by atoms with Gasteiger partial charge >= 0.3 is 0 Å². The molecule has 1 aromatic carbocycles. The number of amides is 2. The van der Waals surface area contributed by atoms with Crippen LogP contribution in [0.15, 0.2) is 18.2 Å². The summed E-state index contributed by atoms with van der Waals surface area (Å²) in [6.45, 7) is 2.94. The third-order valence-electron chi connectivity index (χ3n) is 4.95. The van der Waals surface area contributed by atoms with Gasteiger partial charge in [-0.15, -0.1) is 0 Å². The molecule has 5 nitrogen and oxygen atoms in total. The number of carbonyl (C=O) groups is 2. The van der Waals surface area contributed by atoms with Gasteiger partial charge in [-0.25, -0.2) is 0 Å². The van der Waals surface area contributed by atoms with E-state index in [2.05, 4.69) is 17.3 Å². The molecule has 2 bridgehead atoms. The minimum atomic E-state index is -0.167. The minimum Gasteiger partial charge on any atom is -0.337 e. The summed E-state index contributed by atoms with van der Waals surface area (Å²) in [5.74, 6) is -0.220. The SMILES string of the molecule is CC(=O)Nc1ccc(Cl)c(C(=O)N2CC[C@H]3CC[C@@H](C2)N3C)c1. The van der Waals surface area contributed by atoms with Gasteiger partial charge in [0, 0.05) is 37.8 Å². The summed E-state index contributed by atoms with van der Waals surface area (Å²) in [5.41, 5.74) is 1.05. The molecule has 6 heteroatoms. The molecule has 2 amide bonds. The summed E-state index contributed by atoms with van der Waals surface area (Å²) >= 11 is 6.22. The molecular weight excluding hydrogens is 314 g/mol. The number of anilines is 1. The van der Waals surface area contributed by atoms with E-state index in [1.807, 2.05) is 4.90 Å². The fraction of sp³-hybridized carbons (Fsp3) is 0.529. The van der Waals surface area contributed by atoms with Crippen LogP contribution >= 0.6 is 11.6 Å². The molecule has 0 unspecified atom stereocenters. The highest BCUT2D eigenvalue weighted by Gasteiger charge is 2.36. The number of likely N-dealkylation sites (tertiary alicyclic amines) is 1. The second-order valence-electron chi connectivity index (χ2n) is 6.47. The van der Waals surface area contributed by atoms with Gasteiger partial charge in [-0.3, -0.25) is 14.5 Å². The molecule has 0 aromatic heterocycles. The summed E-state index contributed by atoms with van der Waals surface area (Å²) in [6.07, 6.45) is 3.37. The maximum Gasteiger partial charge on any atom is 0.255 e. The zero-order valence-electron chi connectivity index (χ0n) is 13.5. The molecule has 23 heavy (non-hydrogen) atoms. The second kappa shape index (κ2) is 6.49. The predicted octanol–water partition coefficient (Wildman–Crippen LogP) is 2.61. The molecule has 0 radical (unpaired) electrons. The van der Waals surface area contributed by atoms with Gasteiger partial charge < -0.3 is 10.2 Å². The monoisotopic (exact) mass is 335 g/mol. The summed E-state index contributed by atoms with van der Waals surface area (Å²) in [4.78, 5) is 28.4. The molecule has 2 aliphatic rings. The number of nitrogens with zero attached hydrogens (tertiary/aromatic N) is 2. The number of carbonyl (C=O) groups excluding carboxylic acids is 2. The van der Waals surface area contributed by atoms with E-state index < -0.39 is 0 Å². The van der Waals surface area contributed by atoms with Crippen molar-refractivity contribution >= 4 is 29.1 Å². The van der Waals surface area contributed by atoms with E-state index in [-0.39, 0.29) is 11.8 Å². The summed E-state index contributed by atoms with van der Waals surface area (Å²) in [5, 5.41) is 3.12. The van der Waals surface area contributed by atoms with Crippen molar-refractivity contribution in [3.8, 4) is 0 Å². The summed E-state index contributed by atoms with van der Waals surface area (Å²) in [6, 6.07) is 6.05. The Kier molecular flexibility index (Phi) is 4.60. The van der Waals surface area contributed by atoms with Crippen LogP contribution in [-0.2, 0) is 4.79 Å². The molecule has 2 aliphatic heterocycles. The van der Waals surface area contributed by atoms with Gasteiger partial charge in [-0.1, -0.05) is 11.6 Å². The average molecular weight is 336 g/mol. The third kappa shape index (κ3) is 3.35. The van der Waals surface area contributed by atoms with Crippen LogP contribution in [0.25, 0.3) is 0 Å². The van der Waals surface area contributed by atoms with Crippen molar-refractivity contribution < 1.29 is 9.59 Å². The van der Waals surface area contributed by atoms with Crippen molar-refractivity contribution in [2.45, 2.75) is 38.3 Å². The Labute approximate surface area is 141 Å². The number of fused-ring (bicyclic) bond motifs is 2. The fourth-order valence-electron chi connectivity index (χ4n) is 3.63. The highest BCUT2D eigenvalue weighted by atomic mass is 35.5. The maximum atomic E-state index is 12.9. The Morgan fingerprint density at radius 1 is 1.22 bits per heavy atom. The zero-order chi connectivity index (χ0) is 16.6. The Balaban J connectivity index is 1.81. The van der Waals surface area contributed by atoms with E-state index in [9.17, 15) is 9.59 Å². The molecule has 3 rings (SSSR count). The molecule has 0 spiro atoms. The summed E-state index contributed by atoms with van der Waals surface area (Å²) in [7, 11) is 2.15. The first-order chi connectivity index (χ1) is 11.0. The van der Waals surface area contributed by atoms with Crippen LogP contribution in [0.5, 0.6) is 0 Å². The lowest BCUT2D eigenvalue weighted by molar-refractivity contribution is -0.114. The van der Waals surface area contributed by atoms with Crippen molar-refractivity contribution in [1.82, 2.24) is 9.80 Å². The number of rotatable bonds is 2. The molecular formula is C17H22ClN3O2. The molecule has 1 N–H and O–H groups in total. The Bertz CT molecular complexity index is 634. The second-order valence-corrected chi connectivity index (χ2v) is 6.87. The molecule has 0 aliphatic carbocycles. The first-order valence-corrected chi connectivity index (χ1v) is 8.42. The minimum absolute atomic E-state index is 0.0526. The van der Waals surface area contributed by atoms with Crippen molar-refractivity contribution in [2.24, 2.45) is 0 Å². The number of halogens is 1. The lowest BCUT2D eigenvalue weighted by Crippen LogP contribution is -2.39. The molecule has 1 aromatic rings. The van der Waals surface area contributed by atoms with E-state index in [0.29, 0.717) is 28.4 Å². The van der Waals surface area contributed by atoms with Gasteiger partial charge in [0.1, 0.15) is 0 Å². The molecule has 2 saturated heterocycles. The van der Waals surface area contributed by atoms with Crippen LogP contribution in [-0.4, -0.2) is 53.8 Å². The van der Waals surface area contributed by atoms with Crippen molar-refractivity contribution in [2.75, 3.05) is 25.5 Å². The number of benzene rings is 1. The zero-order valence-corrected chi connectivity index (χ0v) is 14.3. The van der Waals surface area contributed by atoms with Crippen LogP contribution in [0.2, 0.25) is 5.02 Å². The normalized spacial score (nSPS) is 24.4. The van der Waals surface area contributed by atoms with Crippen molar-refractivity contribution in [3.63, 3.8) is 0 Å². The number of hydrogen-bond donors (Lipinski definition) is 1. The molecule has 0 saturated carbocycles. The van der Waals surface area contributed by atoms with Crippen LogP contribution in [0.1, 0.15) is 36.5 Å². The molecule has 2 fully saturated rings. The van der Waals surface area contributed by atoms with Crippen LogP contribution < -0.4 is 5.32 Å². The van der Waals surface area contributed by atoms with E-state index >= 15 is 0 Å². The predicted molar refractivity (Wildman–Crippen MR) is 90.8 cm³/mol. The average Bonchev–Trinajstić information content (AvgIpc) is 2.73. The van der Waals surface area contributed by atoms with E-state index in [4.69, 9.17) is 11.6 Å². The molecule has 2 atom stereocenters. The highest BCUT2D eigenvalue weighted by Crippen LogP contribution is 2.30. The largest absolute Gasteiger partial charge is 0.337 e. The first-order valence-electron chi connectivity index (χ1n) is 8.04. The summed E-state index contributed by atoms with van der Waals surface area (Å²) < 4.78 is 0. The fourth-order valence-corrected chi connectivity index (χ4v) is 3.83. The van der Waals surface area contributed by atoms with Gasteiger partial charge in [0.25, 0.3) is 5.91 Å². The third-order valence-corrected chi connectivity index (χ3v) is 5.28. The molecule has 2 heterocycles. The van der Waals surface area contributed by atoms with Gasteiger partial charge in [-0.2, -0.15) is 0 Å². The van der Waals surface area contributed by atoms with Crippen molar-refractivity contribution in [1.29, 1.82) is 0 Å². The van der Waals surface area contributed by atoms with E-state index in [0.717, 1.165) is 25.9 Å². The van der Waals surface area contributed by atoms with Gasteiger partial charge in [0.2, 0.25) is 5.91 Å². The highest BCUT2D eigenvalue weighted by molar-refractivity contribution is 6.34. The van der Waals surface area contributed by atoms with Gasteiger partial charge in [0.05, 0.1) is 10.6 Å². The Morgan fingerprint density at radius 2 is 1.96 bits per heavy atom. The lowest BCUT2D eigenvalue weighted by Gasteiger charge is -2.26. The maximum absolute atomic E-state index is 12.9. The van der Waals surface area contributed by atoms with Crippen LogP contribution in [0.4, 0.5) is 5.69 Å². The van der Waals surface area contributed by atoms with E-state index in [1.165, 1.54) is 13.3 Å². The number of nitrogens with one attached hydrogen (secondary N) is 1. The van der Waals surface area contributed by atoms with Gasteiger partial charge in [0.15, 0.2) is 0 Å². The number of likely N-dealkylation sites (N-methyl/N-ethyl adjacent to an activating group) is 1. The van der Waals surface area contributed by atoms with E-state index in [1.54, 1.807) is 18.2 Å². The smallest absolute Gasteiger partial charge is 0.255 e. The topological polar surface area (TPSA) is 52.7 Å². The lowest BCUT2D eigenvalue weighted by atomic mass is 10.1. The van der Waals surface area contributed by atoms with Crippen LogP contribution in [0.3, 0.4) is 0 Å². The quantitative estimate of drug-likeness (QED) is 0.904. The Hall–Kier alpha value is -1.59. The van der Waals surface area contributed by atoms with Crippen molar-refractivity contribution in [3.05, 3.63) is 28.8 Å². The first kappa shape index (κ1) is 16.3. The molecule has 124 valence electrons. The van der Waals surface area contributed by atoms with Gasteiger partial charge in [-0.05, 0) is 44.5 Å². The Morgan fingerprint density at radius 3 is 2.70 bits per heavy atom. The van der Waals surface area contributed by atoms with Crippen LogP contribution in [0, 0.1) is 0 Å². The standard InChI is InChI=1S/C17H22ClN3O2/c1-11(22)19-12-3-6-16(18)15(9-12)17(23)21-8-7-13-4-5-14(10-21)20(13)2/h3,6,9,13-14H,4-5,7-8,10H2,1-2H3,(H,19,22)/t13-,14+/m1/s1.